The van der Waals surface area contributed by atoms with Gasteiger partial charge in [0.2, 0.25) is 5.62 Å². The van der Waals surface area contributed by atoms with Gasteiger partial charge in [0.25, 0.3) is 0 Å². The van der Waals surface area contributed by atoms with E-state index in [1.54, 1.807) is 31.0 Å². The van der Waals surface area contributed by atoms with Gasteiger partial charge >= 0.3 is 0 Å². The van der Waals surface area contributed by atoms with Crippen molar-refractivity contribution in [3.8, 4) is 0 Å². The monoisotopic (exact) mass is 266 g/mol. The van der Waals surface area contributed by atoms with Crippen LogP contribution in [0, 0.1) is 0 Å². The van der Waals surface area contributed by atoms with Crippen LogP contribution in [0.5, 0.6) is 0 Å². The summed E-state index contributed by atoms with van der Waals surface area (Å²) in [6, 6.07) is 0. The van der Waals surface area contributed by atoms with Crippen LogP contribution in [-0.4, -0.2) is 19.2 Å². The van der Waals surface area contributed by atoms with E-state index in [9.17, 15) is 0 Å². The van der Waals surface area contributed by atoms with Crippen molar-refractivity contribution in [2.75, 3.05) is 12.9 Å². The lowest BCUT2D eigenvalue weighted by Crippen LogP contribution is -2.06. The minimum atomic E-state index is -1.95. The second-order valence-corrected chi connectivity index (χ2v) is 9.59. The lowest BCUT2D eigenvalue weighted by atomic mass is 10.4. The molecule has 0 rings (SSSR count). The van der Waals surface area contributed by atoms with Gasteiger partial charge in [-0.2, -0.15) is 0 Å². The highest BCUT2D eigenvalue weighted by Crippen LogP contribution is 2.55. The van der Waals surface area contributed by atoms with E-state index in [4.69, 9.17) is 16.3 Å². The van der Waals surface area contributed by atoms with E-state index in [0.717, 1.165) is 5.75 Å². The van der Waals surface area contributed by atoms with E-state index in [2.05, 4.69) is 17.0 Å². The molecule has 1 N–H and O–H groups in total. The molecular formula is C9H19N2OPS2. The highest BCUT2D eigenvalue weighted by Gasteiger charge is 2.13. The molecule has 15 heavy (non-hydrogen) atoms. The van der Waals surface area contributed by atoms with E-state index in [1.807, 2.05) is 13.0 Å². The maximum atomic E-state index is 5.39. The molecule has 6 heteroatoms. The number of unbranched alkanes of at least 4 members (excludes halogenated alkanes) is 1. The van der Waals surface area contributed by atoms with Crippen LogP contribution < -0.4 is 5.09 Å². The Kier molecular flexibility index (Phi) is 9.51. The molecule has 0 heterocycles. The average Bonchev–Trinajstić information content (AvgIpc) is 2.25. The molecule has 0 aromatic carbocycles. The summed E-state index contributed by atoms with van der Waals surface area (Å²) in [6.45, 7) is 4.08. The molecule has 0 aliphatic heterocycles. The van der Waals surface area contributed by atoms with Gasteiger partial charge < -0.3 is 9.61 Å². The molecule has 0 saturated carbocycles. The predicted octanol–water partition coefficient (Wildman–Crippen LogP) is 3.54. The van der Waals surface area contributed by atoms with E-state index in [-0.39, 0.29) is 0 Å². The van der Waals surface area contributed by atoms with Crippen LogP contribution in [0.2, 0.25) is 0 Å². The zero-order chi connectivity index (χ0) is 11.6. The van der Waals surface area contributed by atoms with Crippen LogP contribution >= 0.6 is 17.0 Å². The molecule has 0 aromatic heterocycles. The van der Waals surface area contributed by atoms with Gasteiger partial charge in [-0.3, -0.25) is 0 Å². The summed E-state index contributed by atoms with van der Waals surface area (Å²) < 4.78 is 5.33. The first-order valence-electron chi connectivity index (χ1n) is 4.89. The Morgan fingerprint density at radius 2 is 2.33 bits per heavy atom. The van der Waals surface area contributed by atoms with Crippen molar-refractivity contribution in [3.05, 3.63) is 12.3 Å². The van der Waals surface area contributed by atoms with Gasteiger partial charge in [-0.15, -0.1) is 0 Å². The number of allylic oxidation sites excluding steroid dienone is 1. The van der Waals surface area contributed by atoms with Crippen molar-refractivity contribution >= 4 is 35.1 Å². The largest absolute Gasteiger partial charge is 0.330 e. The first-order chi connectivity index (χ1) is 7.18. The molecule has 88 valence electrons. The van der Waals surface area contributed by atoms with Crippen LogP contribution in [0.25, 0.3) is 0 Å². The fourth-order valence-electron chi connectivity index (χ4n) is 0.705. The average molecular weight is 266 g/mol. The third-order valence-corrected chi connectivity index (χ3v) is 7.29. The molecule has 0 fully saturated rings. The zero-order valence-corrected chi connectivity index (χ0v) is 12.0. The van der Waals surface area contributed by atoms with Gasteiger partial charge in [-0.05, 0) is 25.2 Å². The van der Waals surface area contributed by atoms with Crippen LogP contribution in [0.4, 0.5) is 0 Å². The maximum absolute atomic E-state index is 5.39. The molecule has 0 spiro atoms. The molecule has 0 aliphatic carbocycles. The fourth-order valence-corrected chi connectivity index (χ4v) is 4.46. The summed E-state index contributed by atoms with van der Waals surface area (Å²) in [5.41, 5.74) is -1.95. The van der Waals surface area contributed by atoms with Crippen molar-refractivity contribution in [2.45, 2.75) is 26.7 Å². The molecule has 3 nitrogen and oxygen atoms in total. The Hall–Kier alpha value is 0.170. The Bertz CT molecular complexity index is 256. The molecular weight excluding hydrogens is 247 g/mol. The van der Waals surface area contributed by atoms with Crippen LogP contribution in [0.15, 0.2) is 17.3 Å². The van der Waals surface area contributed by atoms with E-state index in [0.29, 0.717) is 0 Å². The van der Waals surface area contributed by atoms with Crippen LogP contribution in [-0.2, 0) is 16.3 Å². The van der Waals surface area contributed by atoms with Crippen molar-refractivity contribution in [2.24, 2.45) is 4.99 Å². The molecule has 0 saturated heterocycles. The maximum Gasteiger partial charge on any atom is 0.210 e. The Labute approximate surface area is 102 Å². The Balaban J connectivity index is 4.01. The summed E-state index contributed by atoms with van der Waals surface area (Å²) in [4.78, 5) is 4.00. The molecule has 0 aromatic rings. The number of rotatable bonds is 8. The lowest BCUT2D eigenvalue weighted by molar-refractivity contribution is 0.467. The highest BCUT2D eigenvalue weighted by atomic mass is 32.9. The molecule has 0 aliphatic rings. The van der Waals surface area contributed by atoms with Crippen molar-refractivity contribution in [3.63, 3.8) is 0 Å². The standard InChI is InChI=1S/C9H19N2OPS2/c1-4-6-8-15-13(14,12-3)11-9-10-7-5-2/h5,7,9H,4,6,8H2,1-3H3,(H,10,11,14). The van der Waals surface area contributed by atoms with Gasteiger partial charge in [0.05, 0.1) is 6.34 Å². The summed E-state index contributed by atoms with van der Waals surface area (Å²) in [6.07, 6.45) is 7.53. The van der Waals surface area contributed by atoms with Gasteiger partial charge in [-0.25, -0.2) is 4.99 Å². The van der Waals surface area contributed by atoms with E-state index < -0.39 is 5.62 Å². The highest BCUT2D eigenvalue weighted by molar-refractivity contribution is 8.68. The normalized spacial score (nSPS) is 15.9. The Morgan fingerprint density at radius 3 is 2.87 bits per heavy atom. The summed E-state index contributed by atoms with van der Waals surface area (Å²) >= 11 is 7.08. The number of hydrogen-bond acceptors (Lipinski definition) is 4. The molecule has 1 unspecified atom stereocenters. The summed E-state index contributed by atoms with van der Waals surface area (Å²) in [7, 11) is 1.65. The lowest BCUT2D eigenvalue weighted by Gasteiger charge is -2.18. The molecule has 0 amide bonds. The summed E-state index contributed by atoms with van der Waals surface area (Å²) in [5, 5.41) is 3.06. The van der Waals surface area contributed by atoms with Gasteiger partial charge in [0.1, 0.15) is 0 Å². The number of nitrogens with one attached hydrogen (secondary N) is 1. The minimum absolute atomic E-state index is 1.03. The van der Waals surface area contributed by atoms with Crippen LogP contribution in [0.3, 0.4) is 0 Å². The SMILES string of the molecule is CC=CN=CNP(=S)(OC)SCCCC. The second kappa shape index (κ2) is 9.40. The van der Waals surface area contributed by atoms with Crippen molar-refractivity contribution in [1.82, 2.24) is 5.09 Å². The topological polar surface area (TPSA) is 33.6 Å². The number of nitrogens with zero attached hydrogens (tertiary/aromatic N) is 1. The van der Waals surface area contributed by atoms with Gasteiger partial charge in [0, 0.05) is 19.1 Å². The molecule has 0 bridgehead atoms. The van der Waals surface area contributed by atoms with Crippen molar-refractivity contribution < 1.29 is 4.52 Å². The first kappa shape index (κ1) is 15.2. The minimum Gasteiger partial charge on any atom is -0.330 e. The third-order valence-electron chi connectivity index (χ3n) is 1.53. The fraction of sp³-hybridized carbons (Fsp3) is 0.667. The van der Waals surface area contributed by atoms with Crippen LogP contribution in [0.1, 0.15) is 26.7 Å². The summed E-state index contributed by atoms with van der Waals surface area (Å²) in [5.74, 6) is 1.03. The Morgan fingerprint density at radius 1 is 1.60 bits per heavy atom. The molecule has 1 atom stereocenters. The quantitative estimate of drug-likeness (QED) is 0.315. The van der Waals surface area contributed by atoms with E-state index in [1.165, 1.54) is 12.8 Å². The van der Waals surface area contributed by atoms with Crippen molar-refractivity contribution in [1.29, 1.82) is 0 Å². The predicted molar refractivity (Wildman–Crippen MR) is 75.1 cm³/mol. The zero-order valence-electron chi connectivity index (χ0n) is 9.47. The molecule has 0 radical (unpaired) electrons. The smallest absolute Gasteiger partial charge is 0.210 e. The third kappa shape index (κ3) is 8.03. The number of hydrogen-bond donors (Lipinski definition) is 1. The van der Waals surface area contributed by atoms with E-state index >= 15 is 0 Å². The first-order valence-corrected chi connectivity index (χ1v) is 9.20. The van der Waals surface area contributed by atoms with Gasteiger partial charge in [-0.1, -0.05) is 30.8 Å². The second-order valence-electron chi connectivity index (χ2n) is 2.76. The number of aliphatic imine (C=N–C) groups is 1. The van der Waals surface area contributed by atoms with Gasteiger partial charge in [0.15, 0.2) is 0 Å².